The molecule has 0 radical (unpaired) electrons. The molecule has 1 aliphatic rings. The van der Waals surface area contributed by atoms with E-state index in [1.54, 1.807) is 7.11 Å². The van der Waals surface area contributed by atoms with E-state index in [-0.39, 0.29) is 30.4 Å². The van der Waals surface area contributed by atoms with Gasteiger partial charge in [0.1, 0.15) is 11.5 Å². The Labute approximate surface area is 218 Å². The summed E-state index contributed by atoms with van der Waals surface area (Å²) in [6.07, 6.45) is 6.61. The summed E-state index contributed by atoms with van der Waals surface area (Å²) in [5.41, 5.74) is 2.41. The normalized spacial score (nSPS) is 16.9. The van der Waals surface area contributed by atoms with Crippen LogP contribution < -0.4 is 9.47 Å². The van der Waals surface area contributed by atoms with E-state index in [0.29, 0.717) is 50.9 Å². The number of aryl methyl sites for hydroxylation is 2. The molecule has 0 atom stereocenters. The molecule has 0 N–H and O–H groups in total. The topological polar surface area (TPSA) is 88.1 Å². The number of hydrogen-bond donors (Lipinski definition) is 0. The molecule has 1 fully saturated rings. The van der Waals surface area contributed by atoms with E-state index >= 15 is 0 Å². The molecule has 198 valence electrons. The average Bonchev–Trinajstić information content (AvgIpc) is 2.94. The van der Waals surface area contributed by atoms with Crippen molar-refractivity contribution in [1.82, 2.24) is 0 Å². The fourth-order valence-corrected chi connectivity index (χ4v) is 4.30. The van der Waals surface area contributed by atoms with Crippen LogP contribution in [0.2, 0.25) is 0 Å². The van der Waals surface area contributed by atoms with Crippen LogP contribution in [-0.4, -0.2) is 38.2 Å². The zero-order chi connectivity index (χ0) is 26.5. The SMILES string of the molecule is C=CC(=O)OCCCCOC(=O)[C@H]1CC[C@H](C(=O)Oc2ccc(CCc3ccc(OC)cc3)cc2)CC1. The average molecular weight is 509 g/mol. The lowest BCUT2D eigenvalue weighted by atomic mass is 9.82. The van der Waals surface area contributed by atoms with Crippen molar-refractivity contribution >= 4 is 17.9 Å². The molecule has 2 aromatic carbocycles. The van der Waals surface area contributed by atoms with Crippen LogP contribution in [0.15, 0.2) is 61.2 Å². The van der Waals surface area contributed by atoms with Gasteiger partial charge in [-0.25, -0.2) is 4.79 Å². The van der Waals surface area contributed by atoms with Crippen molar-refractivity contribution in [1.29, 1.82) is 0 Å². The van der Waals surface area contributed by atoms with Gasteiger partial charge >= 0.3 is 17.9 Å². The number of rotatable bonds is 13. The lowest BCUT2D eigenvalue weighted by molar-refractivity contribution is -0.152. The quantitative estimate of drug-likeness (QED) is 0.158. The fraction of sp³-hybridized carbons (Fsp3) is 0.433. The van der Waals surface area contributed by atoms with Gasteiger partial charge in [-0.05, 0) is 86.8 Å². The van der Waals surface area contributed by atoms with Crippen molar-refractivity contribution < 1.29 is 33.3 Å². The molecule has 0 spiro atoms. The van der Waals surface area contributed by atoms with Gasteiger partial charge in [-0.3, -0.25) is 9.59 Å². The number of benzene rings is 2. The molecule has 0 unspecified atom stereocenters. The van der Waals surface area contributed by atoms with Crippen molar-refractivity contribution in [2.75, 3.05) is 20.3 Å². The predicted octanol–water partition coefficient (Wildman–Crippen LogP) is 5.24. The van der Waals surface area contributed by atoms with Gasteiger partial charge in [-0.1, -0.05) is 30.8 Å². The van der Waals surface area contributed by atoms with E-state index in [1.165, 1.54) is 11.1 Å². The Morgan fingerprint density at radius 3 is 1.76 bits per heavy atom. The van der Waals surface area contributed by atoms with Crippen LogP contribution in [0.25, 0.3) is 0 Å². The van der Waals surface area contributed by atoms with E-state index < -0.39 is 5.97 Å². The van der Waals surface area contributed by atoms with Crippen LogP contribution in [0.1, 0.15) is 49.7 Å². The maximum atomic E-state index is 12.6. The summed E-state index contributed by atoms with van der Waals surface area (Å²) in [5, 5.41) is 0. The molecule has 0 bridgehead atoms. The van der Waals surface area contributed by atoms with Crippen LogP contribution in [0.3, 0.4) is 0 Å². The van der Waals surface area contributed by atoms with Crippen LogP contribution in [0.5, 0.6) is 11.5 Å². The lowest BCUT2D eigenvalue weighted by Gasteiger charge is -2.25. The van der Waals surface area contributed by atoms with E-state index in [1.807, 2.05) is 36.4 Å². The number of carbonyl (C=O) groups is 3. The highest BCUT2D eigenvalue weighted by atomic mass is 16.5. The predicted molar refractivity (Wildman–Crippen MR) is 139 cm³/mol. The number of carbonyl (C=O) groups excluding carboxylic acids is 3. The first-order valence-electron chi connectivity index (χ1n) is 12.9. The Bertz CT molecular complexity index is 1020. The van der Waals surface area contributed by atoms with Crippen LogP contribution in [0, 0.1) is 11.8 Å². The smallest absolute Gasteiger partial charge is 0.330 e. The molecule has 0 heterocycles. The molecule has 0 amide bonds. The Morgan fingerprint density at radius 1 is 0.757 bits per heavy atom. The highest BCUT2D eigenvalue weighted by molar-refractivity contribution is 5.81. The van der Waals surface area contributed by atoms with Gasteiger partial charge in [0, 0.05) is 6.08 Å². The Balaban J connectivity index is 1.32. The number of methoxy groups -OCH3 is 1. The highest BCUT2D eigenvalue weighted by Crippen LogP contribution is 2.31. The third-order valence-electron chi connectivity index (χ3n) is 6.59. The minimum atomic E-state index is -0.454. The van der Waals surface area contributed by atoms with Gasteiger partial charge in [0.15, 0.2) is 0 Å². The summed E-state index contributed by atoms with van der Waals surface area (Å²) >= 11 is 0. The zero-order valence-corrected chi connectivity index (χ0v) is 21.5. The summed E-state index contributed by atoms with van der Waals surface area (Å²) in [7, 11) is 1.66. The number of ether oxygens (including phenoxy) is 4. The van der Waals surface area contributed by atoms with Crippen molar-refractivity contribution in [2.24, 2.45) is 11.8 Å². The second-order valence-corrected chi connectivity index (χ2v) is 9.21. The van der Waals surface area contributed by atoms with E-state index in [0.717, 1.165) is 24.7 Å². The van der Waals surface area contributed by atoms with E-state index in [9.17, 15) is 14.4 Å². The third kappa shape index (κ3) is 9.41. The van der Waals surface area contributed by atoms with E-state index in [2.05, 4.69) is 18.7 Å². The first-order valence-corrected chi connectivity index (χ1v) is 12.9. The monoisotopic (exact) mass is 508 g/mol. The molecule has 0 saturated heterocycles. The molecule has 37 heavy (non-hydrogen) atoms. The maximum absolute atomic E-state index is 12.6. The molecule has 2 aromatic rings. The van der Waals surface area contributed by atoms with Gasteiger partial charge in [0.05, 0.1) is 32.2 Å². The summed E-state index contributed by atoms with van der Waals surface area (Å²) in [4.78, 5) is 35.9. The summed E-state index contributed by atoms with van der Waals surface area (Å²) < 4.78 is 21.0. The number of hydrogen-bond acceptors (Lipinski definition) is 7. The Morgan fingerprint density at radius 2 is 1.24 bits per heavy atom. The molecular formula is C30H36O7. The van der Waals surface area contributed by atoms with Crippen molar-refractivity contribution in [3.8, 4) is 11.5 Å². The number of esters is 3. The van der Waals surface area contributed by atoms with E-state index in [4.69, 9.17) is 18.9 Å². The fourth-order valence-electron chi connectivity index (χ4n) is 4.30. The van der Waals surface area contributed by atoms with Gasteiger partial charge in [0.25, 0.3) is 0 Å². The summed E-state index contributed by atoms with van der Waals surface area (Å²) in [6.45, 7) is 3.91. The first-order chi connectivity index (χ1) is 18.0. The maximum Gasteiger partial charge on any atom is 0.330 e. The minimum absolute atomic E-state index is 0.187. The molecule has 0 aromatic heterocycles. The minimum Gasteiger partial charge on any atom is -0.497 e. The standard InChI is InChI=1S/C30H36O7/c1-3-28(31)35-20-4-5-21-36-29(32)24-12-14-25(15-13-24)30(33)37-27-18-10-23(11-19-27)7-6-22-8-16-26(34-2)17-9-22/h3,8-11,16-19,24-25H,1,4-7,12-15,20-21H2,2H3/t24-,25-. The van der Waals surface area contributed by atoms with Gasteiger partial charge in [-0.15, -0.1) is 0 Å². The van der Waals surface area contributed by atoms with Crippen LogP contribution >= 0.6 is 0 Å². The molecule has 1 aliphatic carbocycles. The highest BCUT2D eigenvalue weighted by Gasteiger charge is 2.31. The zero-order valence-electron chi connectivity index (χ0n) is 21.5. The van der Waals surface area contributed by atoms with Crippen LogP contribution in [0.4, 0.5) is 0 Å². The Kier molecular flexibility index (Phi) is 11.2. The van der Waals surface area contributed by atoms with Gasteiger partial charge in [-0.2, -0.15) is 0 Å². The Hall–Kier alpha value is -3.61. The largest absolute Gasteiger partial charge is 0.497 e. The molecule has 1 saturated carbocycles. The second-order valence-electron chi connectivity index (χ2n) is 9.21. The number of unbranched alkanes of at least 4 members (excludes halogenated alkanes) is 1. The molecule has 3 rings (SSSR count). The summed E-state index contributed by atoms with van der Waals surface area (Å²) in [5.74, 6) is 0.0716. The molecule has 7 heteroatoms. The third-order valence-corrected chi connectivity index (χ3v) is 6.59. The van der Waals surface area contributed by atoms with Crippen molar-refractivity contribution in [3.63, 3.8) is 0 Å². The molecule has 0 aliphatic heterocycles. The lowest BCUT2D eigenvalue weighted by Crippen LogP contribution is -2.29. The van der Waals surface area contributed by atoms with Crippen molar-refractivity contribution in [2.45, 2.75) is 51.4 Å². The first kappa shape index (κ1) is 28.0. The van der Waals surface area contributed by atoms with Gasteiger partial charge < -0.3 is 18.9 Å². The summed E-state index contributed by atoms with van der Waals surface area (Å²) in [6, 6.07) is 15.7. The molecule has 7 nitrogen and oxygen atoms in total. The molecular weight excluding hydrogens is 472 g/mol. The van der Waals surface area contributed by atoms with Crippen LogP contribution in [-0.2, 0) is 36.7 Å². The van der Waals surface area contributed by atoms with Gasteiger partial charge in [0.2, 0.25) is 0 Å². The second kappa shape index (κ2) is 14.8. The van der Waals surface area contributed by atoms with Crippen molar-refractivity contribution in [3.05, 3.63) is 72.3 Å².